The normalized spacial score (nSPS) is 32.2. The van der Waals surface area contributed by atoms with Gasteiger partial charge in [-0.05, 0) is 11.1 Å². The summed E-state index contributed by atoms with van der Waals surface area (Å²) < 4.78 is 12.2. The van der Waals surface area contributed by atoms with E-state index in [2.05, 4.69) is 60.7 Å². The molecule has 2 aromatic carbocycles. The zero-order valence-corrected chi connectivity index (χ0v) is 11.3. The maximum Gasteiger partial charge on any atom is 0.0888 e. The third-order valence-corrected chi connectivity index (χ3v) is 4.50. The van der Waals surface area contributed by atoms with Gasteiger partial charge in [0.05, 0.1) is 25.4 Å². The van der Waals surface area contributed by atoms with Crippen molar-refractivity contribution in [2.45, 2.75) is 12.2 Å². The van der Waals surface area contributed by atoms with Crippen LogP contribution in [-0.4, -0.2) is 13.2 Å². The van der Waals surface area contributed by atoms with E-state index in [9.17, 15) is 0 Å². The first-order chi connectivity index (χ1) is 9.93. The van der Waals surface area contributed by atoms with Gasteiger partial charge in [-0.2, -0.15) is 0 Å². The van der Waals surface area contributed by atoms with Gasteiger partial charge in [0.25, 0.3) is 0 Å². The Balaban J connectivity index is 1.68. The summed E-state index contributed by atoms with van der Waals surface area (Å²) in [6.45, 7) is 1.63. The molecule has 2 aliphatic rings. The number of benzene rings is 2. The molecule has 0 aliphatic carbocycles. The summed E-state index contributed by atoms with van der Waals surface area (Å²) in [5.41, 5.74) is 2.54. The fraction of sp³-hybridized carbons (Fsp3) is 0.333. The standard InChI is InChI=1S/C18H18O2/c1-3-7-13(8-4-1)17-15-11-19-12-16(15)18(20-17)14-9-5-2-6-10-14/h1-10,15-18H,11-12H2/t15-,16+,17-,18+. The molecular formula is C18H18O2. The average molecular weight is 266 g/mol. The third-order valence-electron chi connectivity index (χ3n) is 4.50. The molecule has 2 saturated heterocycles. The van der Waals surface area contributed by atoms with E-state index in [-0.39, 0.29) is 12.2 Å². The summed E-state index contributed by atoms with van der Waals surface area (Å²) in [6, 6.07) is 21.1. The molecule has 0 radical (unpaired) electrons. The van der Waals surface area contributed by atoms with Crippen LogP contribution in [0, 0.1) is 11.8 Å². The molecule has 2 fully saturated rings. The van der Waals surface area contributed by atoms with Crippen molar-refractivity contribution in [2.24, 2.45) is 11.8 Å². The van der Waals surface area contributed by atoms with Crippen LogP contribution in [0.2, 0.25) is 0 Å². The van der Waals surface area contributed by atoms with Crippen molar-refractivity contribution in [3.63, 3.8) is 0 Å². The molecule has 4 atom stereocenters. The van der Waals surface area contributed by atoms with Crippen LogP contribution in [0.5, 0.6) is 0 Å². The fourth-order valence-corrected chi connectivity index (χ4v) is 3.51. The van der Waals surface area contributed by atoms with E-state index in [0.29, 0.717) is 11.8 Å². The Bertz CT molecular complexity index is 515. The zero-order valence-electron chi connectivity index (χ0n) is 11.3. The van der Waals surface area contributed by atoms with Gasteiger partial charge < -0.3 is 9.47 Å². The second-order valence-corrected chi connectivity index (χ2v) is 5.66. The molecule has 102 valence electrons. The first-order valence-electron chi connectivity index (χ1n) is 7.26. The molecule has 0 aromatic heterocycles. The van der Waals surface area contributed by atoms with Crippen molar-refractivity contribution in [3.05, 3.63) is 71.8 Å². The number of fused-ring (bicyclic) bond motifs is 1. The van der Waals surface area contributed by atoms with Gasteiger partial charge in [-0.1, -0.05) is 60.7 Å². The van der Waals surface area contributed by atoms with Crippen molar-refractivity contribution in [1.29, 1.82) is 0 Å². The second kappa shape index (κ2) is 5.04. The molecule has 0 bridgehead atoms. The molecule has 2 heteroatoms. The van der Waals surface area contributed by atoms with Crippen molar-refractivity contribution in [2.75, 3.05) is 13.2 Å². The summed E-state index contributed by atoms with van der Waals surface area (Å²) >= 11 is 0. The highest BCUT2D eigenvalue weighted by atomic mass is 16.5. The lowest BCUT2D eigenvalue weighted by molar-refractivity contribution is -0.00308. The maximum absolute atomic E-state index is 6.42. The van der Waals surface area contributed by atoms with E-state index in [1.54, 1.807) is 0 Å². The van der Waals surface area contributed by atoms with Gasteiger partial charge >= 0.3 is 0 Å². The van der Waals surface area contributed by atoms with Crippen LogP contribution >= 0.6 is 0 Å². The highest BCUT2D eigenvalue weighted by Crippen LogP contribution is 2.51. The van der Waals surface area contributed by atoms with E-state index in [1.165, 1.54) is 11.1 Å². The number of hydrogen-bond acceptors (Lipinski definition) is 2. The van der Waals surface area contributed by atoms with Gasteiger partial charge in [-0.3, -0.25) is 0 Å². The summed E-state index contributed by atoms with van der Waals surface area (Å²) in [5.74, 6) is 0.949. The Morgan fingerprint density at radius 3 is 1.55 bits per heavy atom. The Morgan fingerprint density at radius 2 is 1.10 bits per heavy atom. The maximum atomic E-state index is 6.42. The largest absolute Gasteiger partial charge is 0.381 e. The van der Waals surface area contributed by atoms with E-state index < -0.39 is 0 Å². The Morgan fingerprint density at radius 1 is 0.650 bits per heavy atom. The minimum absolute atomic E-state index is 0.161. The Hall–Kier alpha value is -1.64. The predicted octanol–water partition coefficient (Wildman–Crippen LogP) is 3.76. The van der Waals surface area contributed by atoms with Crippen molar-refractivity contribution in [1.82, 2.24) is 0 Å². The lowest BCUT2D eigenvalue weighted by Gasteiger charge is -2.18. The molecule has 2 aliphatic heterocycles. The molecular weight excluding hydrogens is 248 g/mol. The summed E-state index contributed by atoms with van der Waals surface area (Å²) in [5, 5.41) is 0. The summed E-state index contributed by atoms with van der Waals surface area (Å²) in [7, 11) is 0. The fourth-order valence-electron chi connectivity index (χ4n) is 3.51. The lowest BCUT2D eigenvalue weighted by Crippen LogP contribution is -2.13. The smallest absolute Gasteiger partial charge is 0.0888 e. The third kappa shape index (κ3) is 1.96. The topological polar surface area (TPSA) is 18.5 Å². The van der Waals surface area contributed by atoms with E-state index in [1.807, 2.05) is 0 Å². The average Bonchev–Trinajstić information content (AvgIpc) is 3.11. The molecule has 4 rings (SSSR count). The first kappa shape index (κ1) is 12.1. The van der Waals surface area contributed by atoms with E-state index in [4.69, 9.17) is 9.47 Å². The monoisotopic (exact) mass is 266 g/mol. The minimum atomic E-state index is 0.161. The minimum Gasteiger partial charge on any atom is -0.381 e. The van der Waals surface area contributed by atoms with Crippen molar-refractivity contribution >= 4 is 0 Å². The highest BCUT2D eigenvalue weighted by Gasteiger charge is 2.48. The van der Waals surface area contributed by atoms with Gasteiger partial charge in [-0.25, -0.2) is 0 Å². The second-order valence-electron chi connectivity index (χ2n) is 5.66. The number of rotatable bonds is 2. The van der Waals surface area contributed by atoms with Crippen molar-refractivity contribution in [3.8, 4) is 0 Å². The van der Waals surface area contributed by atoms with Crippen LogP contribution in [-0.2, 0) is 9.47 Å². The molecule has 2 aromatic rings. The lowest BCUT2D eigenvalue weighted by atomic mass is 9.85. The van der Waals surface area contributed by atoms with Gasteiger partial charge in [0.1, 0.15) is 0 Å². The summed E-state index contributed by atoms with van der Waals surface area (Å²) in [6.07, 6.45) is 0.322. The first-order valence-corrected chi connectivity index (χ1v) is 7.26. The molecule has 2 nitrogen and oxygen atoms in total. The Kier molecular flexibility index (Phi) is 3.06. The summed E-state index contributed by atoms with van der Waals surface area (Å²) in [4.78, 5) is 0. The number of ether oxygens (including phenoxy) is 2. The Labute approximate surface area is 119 Å². The quantitative estimate of drug-likeness (QED) is 0.824. The molecule has 0 unspecified atom stereocenters. The molecule has 0 N–H and O–H groups in total. The van der Waals surface area contributed by atoms with E-state index in [0.717, 1.165) is 13.2 Å². The van der Waals surface area contributed by atoms with Gasteiger partial charge in [-0.15, -0.1) is 0 Å². The predicted molar refractivity (Wildman–Crippen MR) is 77.3 cm³/mol. The molecule has 0 amide bonds. The molecule has 0 saturated carbocycles. The van der Waals surface area contributed by atoms with Gasteiger partial charge in [0.2, 0.25) is 0 Å². The van der Waals surface area contributed by atoms with Crippen LogP contribution in [0.4, 0.5) is 0 Å². The van der Waals surface area contributed by atoms with Crippen LogP contribution in [0.25, 0.3) is 0 Å². The SMILES string of the molecule is c1ccc([C@H]2O[C@@H](c3ccccc3)[C@H]3COC[C@H]32)cc1. The van der Waals surface area contributed by atoms with Crippen molar-refractivity contribution < 1.29 is 9.47 Å². The van der Waals surface area contributed by atoms with Crippen LogP contribution in [0.1, 0.15) is 23.3 Å². The van der Waals surface area contributed by atoms with Gasteiger partial charge in [0.15, 0.2) is 0 Å². The van der Waals surface area contributed by atoms with Crippen LogP contribution in [0.15, 0.2) is 60.7 Å². The zero-order chi connectivity index (χ0) is 13.4. The number of hydrogen-bond donors (Lipinski definition) is 0. The van der Waals surface area contributed by atoms with E-state index >= 15 is 0 Å². The molecule has 20 heavy (non-hydrogen) atoms. The van der Waals surface area contributed by atoms with Crippen LogP contribution < -0.4 is 0 Å². The van der Waals surface area contributed by atoms with Gasteiger partial charge in [0, 0.05) is 11.8 Å². The molecule has 2 heterocycles. The van der Waals surface area contributed by atoms with Crippen LogP contribution in [0.3, 0.4) is 0 Å². The molecule has 0 spiro atoms. The highest BCUT2D eigenvalue weighted by molar-refractivity contribution is 5.25.